The van der Waals surface area contributed by atoms with E-state index in [1.165, 1.54) is 22.3 Å². The van der Waals surface area contributed by atoms with Gasteiger partial charge in [-0.2, -0.15) is 0 Å². The fraction of sp³-hybridized carbons (Fsp3) is 0.409. The summed E-state index contributed by atoms with van der Waals surface area (Å²) in [6.07, 6.45) is 1.32. The Morgan fingerprint density at radius 3 is 2.15 bits per heavy atom. The SMILES string of the molecule is NC1CC2COCC(C1)N2C(=O)OCC1c2ccccc2-c2ccccc21. The monoisotopic (exact) mass is 364 g/mol. The van der Waals surface area contributed by atoms with E-state index in [1.54, 1.807) is 0 Å². The van der Waals surface area contributed by atoms with E-state index < -0.39 is 0 Å². The summed E-state index contributed by atoms with van der Waals surface area (Å²) < 4.78 is 11.5. The van der Waals surface area contributed by atoms with Crippen LogP contribution < -0.4 is 5.73 Å². The van der Waals surface area contributed by atoms with Gasteiger partial charge in [0.25, 0.3) is 0 Å². The topological polar surface area (TPSA) is 64.8 Å². The number of morpholine rings is 1. The van der Waals surface area contributed by atoms with Crippen LogP contribution in [-0.2, 0) is 9.47 Å². The Balaban J connectivity index is 1.35. The van der Waals surface area contributed by atoms with Gasteiger partial charge in [-0.3, -0.25) is 4.90 Å². The predicted octanol–water partition coefficient (Wildman–Crippen LogP) is 3.13. The number of hydrogen-bond acceptors (Lipinski definition) is 4. The van der Waals surface area contributed by atoms with Gasteiger partial charge in [0.1, 0.15) is 6.61 Å². The number of ether oxygens (including phenoxy) is 2. The van der Waals surface area contributed by atoms with E-state index in [0.29, 0.717) is 19.8 Å². The number of benzene rings is 2. The first kappa shape index (κ1) is 16.8. The lowest BCUT2D eigenvalue weighted by Crippen LogP contribution is -2.61. The Kier molecular flexibility index (Phi) is 4.14. The van der Waals surface area contributed by atoms with Gasteiger partial charge >= 0.3 is 6.09 Å². The van der Waals surface area contributed by atoms with Gasteiger partial charge < -0.3 is 15.2 Å². The lowest BCUT2D eigenvalue weighted by molar-refractivity contribution is -0.0695. The normalized spacial score (nSPS) is 26.4. The van der Waals surface area contributed by atoms with E-state index in [4.69, 9.17) is 15.2 Å². The van der Waals surface area contributed by atoms with Crippen molar-refractivity contribution in [3.8, 4) is 11.1 Å². The lowest BCUT2D eigenvalue weighted by Gasteiger charge is -2.46. The number of amides is 1. The Morgan fingerprint density at radius 2 is 1.56 bits per heavy atom. The summed E-state index contributed by atoms with van der Waals surface area (Å²) in [5.41, 5.74) is 11.1. The Hall–Kier alpha value is -2.37. The number of carbonyl (C=O) groups excluding carboxylic acids is 1. The Labute approximate surface area is 159 Å². The Morgan fingerprint density at radius 1 is 1.00 bits per heavy atom. The molecule has 2 aromatic carbocycles. The van der Waals surface area contributed by atoms with E-state index in [9.17, 15) is 4.79 Å². The van der Waals surface area contributed by atoms with Gasteiger partial charge in [0.05, 0.1) is 25.3 Å². The molecule has 5 rings (SSSR count). The van der Waals surface area contributed by atoms with E-state index in [-0.39, 0.29) is 30.1 Å². The van der Waals surface area contributed by atoms with Gasteiger partial charge in [-0.15, -0.1) is 0 Å². The molecule has 5 heteroatoms. The number of hydrogen-bond donors (Lipinski definition) is 1. The second kappa shape index (κ2) is 6.66. The first-order valence-corrected chi connectivity index (χ1v) is 9.69. The van der Waals surface area contributed by atoms with Crippen molar-refractivity contribution in [2.45, 2.75) is 36.9 Å². The minimum atomic E-state index is -0.234. The summed E-state index contributed by atoms with van der Waals surface area (Å²) in [7, 11) is 0. The molecule has 0 radical (unpaired) electrons. The fourth-order valence-corrected chi connectivity index (χ4v) is 4.92. The van der Waals surface area contributed by atoms with Gasteiger partial charge in [0, 0.05) is 12.0 Å². The molecule has 1 aliphatic carbocycles. The zero-order valence-corrected chi connectivity index (χ0v) is 15.2. The van der Waals surface area contributed by atoms with Crippen LogP contribution in [0, 0.1) is 0 Å². The first-order chi connectivity index (χ1) is 13.2. The number of rotatable bonds is 2. The molecule has 2 unspecified atom stereocenters. The standard InChI is InChI=1S/C22H24N2O3/c23-14-9-15-11-26-12-16(10-14)24(15)22(25)27-13-21-19-7-3-1-5-17(19)18-6-2-4-8-20(18)21/h1-8,14-16,21H,9-13,23H2. The number of nitrogens with zero attached hydrogens (tertiary/aromatic N) is 1. The van der Waals surface area contributed by atoms with Crippen molar-refractivity contribution in [2.75, 3.05) is 19.8 Å². The average Bonchev–Trinajstić information content (AvgIpc) is 2.99. The minimum Gasteiger partial charge on any atom is -0.448 e. The molecule has 2 N–H and O–H groups in total. The van der Waals surface area contributed by atoms with Gasteiger partial charge in [-0.25, -0.2) is 4.79 Å². The highest BCUT2D eigenvalue weighted by molar-refractivity contribution is 5.79. The maximum absolute atomic E-state index is 12.9. The molecule has 2 fully saturated rings. The highest BCUT2D eigenvalue weighted by atomic mass is 16.6. The fourth-order valence-electron chi connectivity index (χ4n) is 4.92. The van der Waals surface area contributed by atoms with Crippen LogP contribution in [0.1, 0.15) is 29.9 Å². The first-order valence-electron chi connectivity index (χ1n) is 9.69. The molecule has 0 saturated carbocycles. The molecular formula is C22H24N2O3. The van der Waals surface area contributed by atoms with Crippen LogP contribution in [0.3, 0.4) is 0 Å². The molecule has 27 heavy (non-hydrogen) atoms. The molecule has 2 saturated heterocycles. The molecule has 3 aliphatic rings. The van der Waals surface area contributed by atoms with E-state index in [2.05, 4.69) is 36.4 Å². The molecule has 2 aromatic rings. The molecule has 2 aliphatic heterocycles. The van der Waals surface area contributed by atoms with Crippen molar-refractivity contribution in [3.63, 3.8) is 0 Å². The van der Waals surface area contributed by atoms with Crippen molar-refractivity contribution in [2.24, 2.45) is 5.73 Å². The smallest absolute Gasteiger partial charge is 0.410 e. The van der Waals surface area contributed by atoms with Crippen LogP contribution in [-0.4, -0.2) is 48.9 Å². The molecule has 140 valence electrons. The van der Waals surface area contributed by atoms with Crippen molar-refractivity contribution >= 4 is 6.09 Å². The summed E-state index contributed by atoms with van der Waals surface area (Å²) in [4.78, 5) is 14.8. The molecule has 2 atom stereocenters. The second-order valence-electron chi connectivity index (χ2n) is 7.79. The summed E-state index contributed by atoms with van der Waals surface area (Å²) in [6, 6.07) is 17.0. The summed E-state index contributed by atoms with van der Waals surface area (Å²) in [6.45, 7) is 1.46. The largest absolute Gasteiger partial charge is 0.448 e. The third kappa shape index (κ3) is 2.82. The molecule has 5 nitrogen and oxygen atoms in total. The zero-order chi connectivity index (χ0) is 18.4. The van der Waals surface area contributed by atoms with Crippen LogP contribution in [0.2, 0.25) is 0 Å². The molecular weight excluding hydrogens is 340 g/mol. The highest BCUT2D eigenvalue weighted by Gasteiger charge is 2.42. The van der Waals surface area contributed by atoms with E-state index in [0.717, 1.165) is 12.8 Å². The van der Waals surface area contributed by atoms with Gasteiger partial charge in [0.2, 0.25) is 0 Å². The maximum Gasteiger partial charge on any atom is 0.410 e. The Bertz CT molecular complexity index is 809. The quantitative estimate of drug-likeness (QED) is 0.889. The number of fused-ring (bicyclic) bond motifs is 5. The lowest BCUT2D eigenvalue weighted by atomic mass is 9.91. The highest BCUT2D eigenvalue weighted by Crippen LogP contribution is 2.44. The third-order valence-electron chi connectivity index (χ3n) is 6.10. The number of nitrogens with two attached hydrogens (primary N) is 1. The van der Waals surface area contributed by atoms with E-state index >= 15 is 0 Å². The summed E-state index contributed by atoms with van der Waals surface area (Å²) in [5.74, 6) is 0.0875. The second-order valence-corrected chi connectivity index (χ2v) is 7.79. The van der Waals surface area contributed by atoms with Gasteiger partial charge in [-0.1, -0.05) is 48.5 Å². The van der Waals surface area contributed by atoms with Crippen LogP contribution in [0.4, 0.5) is 4.79 Å². The van der Waals surface area contributed by atoms with Crippen molar-refractivity contribution in [3.05, 3.63) is 59.7 Å². The summed E-state index contributed by atoms with van der Waals surface area (Å²) >= 11 is 0. The van der Waals surface area contributed by atoms with Crippen LogP contribution in [0.15, 0.2) is 48.5 Å². The molecule has 2 bridgehead atoms. The molecule has 1 amide bonds. The molecule has 0 spiro atoms. The number of piperidine rings is 1. The van der Waals surface area contributed by atoms with E-state index in [1.807, 2.05) is 17.0 Å². The average molecular weight is 364 g/mol. The van der Waals surface area contributed by atoms with Gasteiger partial charge in [-0.05, 0) is 35.1 Å². The zero-order valence-electron chi connectivity index (χ0n) is 15.2. The third-order valence-corrected chi connectivity index (χ3v) is 6.10. The maximum atomic E-state index is 12.9. The molecule has 0 aromatic heterocycles. The number of carbonyl (C=O) groups is 1. The summed E-state index contributed by atoms with van der Waals surface area (Å²) in [5, 5.41) is 0. The predicted molar refractivity (Wildman–Crippen MR) is 103 cm³/mol. The van der Waals surface area contributed by atoms with Gasteiger partial charge in [0.15, 0.2) is 0 Å². The van der Waals surface area contributed by atoms with Crippen molar-refractivity contribution in [1.82, 2.24) is 4.90 Å². The van der Waals surface area contributed by atoms with Crippen LogP contribution in [0.25, 0.3) is 11.1 Å². The van der Waals surface area contributed by atoms with Crippen molar-refractivity contribution in [1.29, 1.82) is 0 Å². The van der Waals surface area contributed by atoms with Crippen LogP contribution in [0.5, 0.6) is 0 Å². The minimum absolute atomic E-state index is 0.0307. The van der Waals surface area contributed by atoms with Crippen molar-refractivity contribution < 1.29 is 14.3 Å². The van der Waals surface area contributed by atoms with Crippen LogP contribution >= 0.6 is 0 Å². The molecule has 2 heterocycles.